The first kappa shape index (κ1) is 12.1. The number of benzene rings is 1. The number of hydrogen-bond acceptors (Lipinski definition) is 3. The Morgan fingerprint density at radius 1 is 1.53 bits per heavy atom. The van der Waals surface area contributed by atoms with Crippen molar-refractivity contribution < 1.29 is 19.4 Å². The fourth-order valence-electron chi connectivity index (χ4n) is 1.98. The molecule has 1 aliphatic heterocycles. The number of aliphatic carboxylic acids is 1. The zero-order chi connectivity index (χ0) is 12.6. The topological polar surface area (TPSA) is 69.6 Å². The fraction of sp³-hybridized carbons (Fsp3) is 0.364. The number of carboxylic acids is 1. The Balaban J connectivity index is 2.25. The van der Waals surface area contributed by atoms with Crippen LogP contribution in [0.15, 0.2) is 12.1 Å². The number of phenols is 1. The van der Waals surface area contributed by atoms with E-state index in [4.69, 9.17) is 16.7 Å². The molecule has 92 valence electrons. The molecule has 2 rings (SSSR count). The molecule has 17 heavy (non-hydrogen) atoms. The van der Waals surface area contributed by atoms with Crippen molar-refractivity contribution in [2.24, 2.45) is 5.92 Å². The highest BCUT2D eigenvalue weighted by molar-refractivity contribution is 6.32. The molecule has 2 unspecified atom stereocenters. The van der Waals surface area contributed by atoms with Crippen LogP contribution in [0.3, 0.4) is 0 Å². The van der Waals surface area contributed by atoms with Crippen molar-refractivity contribution in [2.45, 2.75) is 12.5 Å². The van der Waals surface area contributed by atoms with Crippen LogP contribution in [0.5, 0.6) is 5.75 Å². The lowest BCUT2D eigenvalue weighted by Gasteiger charge is -2.13. The summed E-state index contributed by atoms with van der Waals surface area (Å²) in [4.78, 5) is 10.8. The van der Waals surface area contributed by atoms with E-state index in [1.165, 1.54) is 12.1 Å². The second-order valence-electron chi connectivity index (χ2n) is 4.03. The van der Waals surface area contributed by atoms with Gasteiger partial charge in [0.2, 0.25) is 0 Å². The summed E-state index contributed by atoms with van der Waals surface area (Å²) in [7, 11) is 0. The molecule has 6 heteroatoms. The van der Waals surface area contributed by atoms with Gasteiger partial charge in [0, 0.05) is 18.2 Å². The van der Waals surface area contributed by atoms with Crippen molar-refractivity contribution in [3.05, 3.63) is 28.5 Å². The lowest BCUT2D eigenvalue weighted by atomic mass is 9.99. The lowest BCUT2D eigenvalue weighted by Crippen LogP contribution is -2.17. The largest absolute Gasteiger partial charge is 0.506 e. The number of rotatable bonds is 2. The highest BCUT2D eigenvalue weighted by Crippen LogP contribution is 2.35. The van der Waals surface area contributed by atoms with Gasteiger partial charge in [-0.3, -0.25) is 4.79 Å². The number of aromatic hydroxyl groups is 1. The van der Waals surface area contributed by atoms with Gasteiger partial charge in [-0.05, 0) is 12.5 Å². The first-order valence-electron chi connectivity index (χ1n) is 5.13. The maximum Gasteiger partial charge on any atom is 0.307 e. The molecule has 0 spiro atoms. The van der Waals surface area contributed by atoms with Gasteiger partial charge < -0.3 is 15.5 Å². The third kappa shape index (κ3) is 2.21. The number of carboxylic acid groups (broad SMARTS) is 1. The molecule has 1 saturated heterocycles. The first-order valence-corrected chi connectivity index (χ1v) is 5.51. The monoisotopic (exact) mass is 259 g/mol. The molecule has 0 amide bonds. The normalized spacial score (nSPS) is 23.9. The van der Waals surface area contributed by atoms with Crippen LogP contribution in [0.1, 0.15) is 18.0 Å². The highest BCUT2D eigenvalue weighted by atomic mass is 35.5. The van der Waals surface area contributed by atoms with E-state index in [-0.39, 0.29) is 22.4 Å². The molecule has 0 aromatic heterocycles. The SMILES string of the molecule is O=C(O)C1CNC(c2ccc(O)c(Cl)c2F)C1. The summed E-state index contributed by atoms with van der Waals surface area (Å²) in [5.74, 6) is -2.44. The van der Waals surface area contributed by atoms with Crippen molar-refractivity contribution in [2.75, 3.05) is 6.54 Å². The highest BCUT2D eigenvalue weighted by Gasteiger charge is 2.32. The average Bonchev–Trinajstić information content (AvgIpc) is 2.75. The minimum absolute atomic E-state index is 0.288. The van der Waals surface area contributed by atoms with Crippen molar-refractivity contribution in [3.8, 4) is 5.75 Å². The van der Waals surface area contributed by atoms with Gasteiger partial charge in [0.15, 0.2) is 0 Å². The van der Waals surface area contributed by atoms with Crippen LogP contribution in [0.2, 0.25) is 5.02 Å². The first-order chi connectivity index (χ1) is 8.00. The minimum Gasteiger partial charge on any atom is -0.506 e. The van der Waals surface area contributed by atoms with Gasteiger partial charge in [-0.25, -0.2) is 4.39 Å². The fourth-order valence-corrected chi connectivity index (χ4v) is 2.16. The van der Waals surface area contributed by atoms with E-state index < -0.39 is 17.7 Å². The summed E-state index contributed by atoms with van der Waals surface area (Å²) < 4.78 is 13.8. The molecule has 1 aliphatic rings. The molecule has 0 radical (unpaired) electrons. The van der Waals surface area contributed by atoms with Crippen LogP contribution < -0.4 is 5.32 Å². The third-order valence-electron chi connectivity index (χ3n) is 2.95. The summed E-state index contributed by atoms with van der Waals surface area (Å²) in [6.07, 6.45) is 0.313. The van der Waals surface area contributed by atoms with Crippen LogP contribution >= 0.6 is 11.6 Å². The van der Waals surface area contributed by atoms with Gasteiger partial charge in [-0.15, -0.1) is 0 Å². The Hall–Kier alpha value is -1.33. The van der Waals surface area contributed by atoms with Crippen LogP contribution in [0.4, 0.5) is 4.39 Å². The number of halogens is 2. The molecule has 0 saturated carbocycles. The van der Waals surface area contributed by atoms with E-state index in [1.54, 1.807) is 0 Å². The van der Waals surface area contributed by atoms with E-state index in [9.17, 15) is 14.3 Å². The average molecular weight is 260 g/mol. The van der Waals surface area contributed by atoms with Gasteiger partial charge in [0.05, 0.1) is 5.92 Å². The lowest BCUT2D eigenvalue weighted by molar-refractivity contribution is -0.141. The second kappa shape index (κ2) is 4.50. The molecule has 1 heterocycles. The predicted molar refractivity (Wildman–Crippen MR) is 59.6 cm³/mol. The van der Waals surface area contributed by atoms with Crippen LogP contribution in [-0.2, 0) is 4.79 Å². The zero-order valence-corrected chi connectivity index (χ0v) is 9.54. The number of hydrogen-bond donors (Lipinski definition) is 3. The maximum absolute atomic E-state index is 13.8. The van der Waals surface area contributed by atoms with Crippen molar-refractivity contribution in [3.63, 3.8) is 0 Å². The number of nitrogens with one attached hydrogen (secondary N) is 1. The Morgan fingerprint density at radius 2 is 2.24 bits per heavy atom. The number of phenolic OH excluding ortho intramolecular Hbond substituents is 1. The van der Waals surface area contributed by atoms with Crippen LogP contribution in [0.25, 0.3) is 0 Å². The molecule has 0 bridgehead atoms. The number of carbonyl (C=O) groups is 1. The minimum atomic E-state index is -0.898. The van der Waals surface area contributed by atoms with E-state index >= 15 is 0 Å². The summed E-state index contributed by atoms with van der Waals surface area (Å²) in [6.45, 7) is 0.304. The van der Waals surface area contributed by atoms with Gasteiger partial charge in [-0.2, -0.15) is 0 Å². The Bertz CT molecular complexity index is 466. The Labute approximate surface area is 102 Å². The molecule has 0 aliphatic carbocycles. The van der Waals surface area contributed by atoms with Crippen molar-refractivity contribution >= 4 is 17.6 Å². The molecule has 4 nitrogen and oxygen atoms in total. The van der Waals surface area contributed by atoms with Gasteiger partial charge >= 0.3 is 5.97 Å². The van der Waals surface area contributed by atoms with E-state index in [2.05, 4.69) is 5.32 Å². The predicted octanol–water partition coefficient (Wildman–Crippen LogP) is 1.92. The molecule has 1 aromatic rings. The molecule has 1 aromatic carbocycles. The Morgan fingerprint density at radius 3 is 2.82 bits per heavy atom. The van der Waals surface area contributed by atoms with E-state index in [0.717, 1.165) is 0 Å². The molecule has 1 fully saturated rings. The molecule has 3 N–H and O–H groups in total. The van der Waals surface area contributed by atoms with Crippen LogP contribution in [0, 0.1) is 11.7 Å². The molecule has 2 atom stereocenters. The second-order valence-corrected chi connectivity index (χ2v) is 4.41. The van der Waals surface area contributed by atoms with Gasteiger partial charge in [0.1, 0.15) is 16.6 Å². The smallest absolute Gasteiger partial charge is 0.307 e. The quantitative estimate of drug-likeness (QED) is 0.759. The Kier molecular flexibility index (Phi) is 3.22. The van der Waals surface area contributed by atoms with Crippen LogP contribution in [-0.4, -0.2) is 22.7 Å². The molecular weight excluding hydrogens is 249 g/mol. The van der Waals surface area contributed by atoms with Crippen molar-refractivity contribution in [1.29, 1.82) is 0 Å². The van der Waals surface area contributed by atoms with E-state index in [1.807, 2.05) is 0 Å². The van der Waals surface area contributed by atoms with Crippen molar-refractivity contribution in [1.82, 2.24) is 5.32 Å². The maximum atomic E-state index is 13.8. The third-order valence-corrected chi connectivity index (χ3v) is 3.31. The summed E-state index contributed by atoms with van der Waals surface area (Å²) in [6, 6.07) is 2.34. The summed E-state index contributed by atoms with van der Waals surface area (Å²) in [5, 5.41) is 20.7. The standard InChI is InChI=1S/C11H11ClFNO3/c12-9-8(15)2-1-6(10(9)13)7-3-5(4-14-7)11(16)17/h1-2,5,7,14-15H,3-4H2,(H,16,17). The summed E-state index contributed by atoms with van der Waals surface area (Å²) in [5.41, 5.74) is 0.288. The molecular formula is C11H11ClFNO3. The van der Waals surface area contributed by atoms with Gasteiger partial charge in [-0.1, -0.05) is 17.7 Å². The van der Waals surface area contributed by atoms with E-state index in [0.29, 0.717) is 13.0 Å². The summed E-state index contributed by atoms with van der Waals surface area (Å²) >= 11 is 5.59. The van der Waals surface area contributed by atoms with Gasteiger partial charge in [0.25, 0.3) is 0 Å². The zero-order valence-electron chi connectivity index (χ0n) is 8.78.